The van der Waals surface area contributed by atoms with Crippen LogP contribution in [0.1, 0.15) is 6.92 Å². The van der Waals surface area contributed by atoms with E-state index in [9.17, 15) is 4.79 Å². The predicted octanol–water partition coefficient (Wildman–Crippen LogP) is -0.0727. The zero-order valence-corrected chi connectivity index (χ0v) is 5.75. The Bertz CT molecular complexity index is 136. The van der Waals surface area contributed by atoms with Gasteiger partial charge in [0.05, 0.1) is 0 Å². The fourth-order valence-electron chi connectivity index (χ4n) is 0. The summed E-state index contributed by atoms with van der Waals surface area (Å²) in [5, 5.41) is 14.4. The first-order valence-electron chi connectivity index (χ1n) is 2.00. The van der Waals surface area contributed by atoms with Crippen molar-refractivity contribution in [3.63, 3.8) is 0 Å². The summed E-state index contributed by atoms with van der Waals surface area (Å²) in [4.78, 5) is 27.4. The summed E-state index contributed by atoms with van der Waals surface area (Å²) in [5.74, 6) is -3.65. The molecular formula is C4H5ClO5. The van der Waals surface area contributed by atoms with Crippen molar-refractivity contribution < 1.29 is 24.6 Å². The molecule has 0 aromatic carbocycles. The molecule has 0 aliphatic rings. The molecule has 0 amide bonds. The van der Waals surface area contributed by atoms with Crippen molar-refractivity contribution in [2.75, 3.05) is 0 Å². The molecule has 0 aliphatic heterocycles. The highest BCUT2D eigenvalue weighted by molar-refractivity contribution is 6.62. The molecule has 0 unspecified atom stereocenters. The van der Waals surface area contributed by atoms with E-state index in [-0.39, 0.29) is 5.24 Å². The Morgan fingerprint density at radius 1 is 1.10 bits per heavy atom. The largest absolute Gasteiger partial charge is 0.473 e. The molecular weight excluding hydrogens is 163 g/mol. The molecule has 0 aromatic heterocycles. The van der Waals surface area contributed by atoms with Gasteiger partial charge < -0.3 is 10.2 Å². The van der Waals surface area contributed by atoms with Gasteiger partial charge in [0.15, 0.2) is 0 Å². The first-order chi connectivity index (χ1) is 4.37. The normalized spacial score (nSPS) is 7.00. The maximum Gasteiger partial charge on any atom is 0.414 e. The van der Waals surface area contributed by atoms with Gasteiger partial charge in [-0.05, 0) is 11.6 Å². The third kappa shape index (κ3) is 28.6. The summed E-state index contributed by atoms with van der Waals surface area (Å²) >= 11 is 4.64. The lowest BCUT2D eigenvalue weighted by Gasteiger charge is -1.72. The fourth-order valence-corrected chi connectivity index (χ4v) is 0. The zero-order valence-electron chi connectivity index (χ0n) is 5.00. The minimum absolute atomic E-state index is 0.361. The summed E-state index contributed by atoms with van der Waals surface area (Å²) in [5.41, 5.74) is 0. The predicted molar refractivity (Wildman–Crippen MR) is 31.8 cm³/mol. The number of hydrogen-bond donors (Lipinski definition) is 2. The topological polar surface area (TPSA) is 91.7 Å². The monoisotopic (exact) mass is 168 g/mol. The van der Waals surface area contributed by atoms with E-state index in [1.807, 2.05) is 0 Å². The first kappa shape index (κ1) is 11.7. The lowest BCUT2D eigenvalue weighted by atomic mass is 10.7. The Morgan fingerprint density at radius 3 is 1.20 bits per heavy atom. The molecule has 58 valence electrons. The Labute approximate surface area is 61.2 Å². The highest BCUT2D eigenvalue weighted by atomic mass is 35.5. The first-order valence-corrected chi connectivity index (χ1v) is 2.38. The van der Waals surface area contributed by atoms with Gasteiger partial charge in [-0.25, -0.2) is 9.59 Å². The van der Waals surface area contributed by atoms with Gasteiger partial charge in [0.2, 0.25) is 5.24 Å². The van der Waals surface area contributed by atoms with Crippen LogP contribution in [-0.2, 0) is 14.4 Å². The zero-order chi connectivity index (χ0) is 8.73. The van der Waals surface area contributed by atoms with Crippen molar-refractivity contribution in [3.8, 4) is 0 Å². The smallest absolute Gasteiger partial charge is 0.414 e. The molecule has 0 rings (SSSR count). The summed E-state index contributed by atoms with van der Waals surface area (Å²) in [7, 11) is 0. The molecule has 0 aliphatic carbocycles. The Balaban J connectivity index is 0. The van der Waals surface area contributed by atoms with Crippen LogP contribution in [0, 0.1) is 0 Å². The number of carbonyl (C=O) groups is 3. The van der Waals surface area contributed by atoms with Gasteiger partial charge in [-0.3, -0.25) is 4.79 Å². The van der Waals surface area contributed by atoms with Crippen LogP contribution in [0.25, 0.3) is 0 Å². The molecule has 6 heteroatoms. The van der Waals surface area contributed by atoms with Crippen LogP contribution < -0.4 is 0 Å². The Hall–Kier alpha value is -1.10. The maximum atomic E-state index is 9.21. The molecule has 0 saturated heterocycles. The van der Waals surface area contributed by atoms with E-state index in [1.165, 1.54) is 6.92 Å². The number of aliphatic carboxylic acids is 2. The number of carboxylic acids is 2. The highest BCUT2D eigenvalue weighted by Gasteiger charge is 2.04. The number of hydrogen-bond acceptors (Lipinski definition) is 3. The van der Waals surface area contributed by atoms with Crippen molar-refractivity contribution in [1.82, 2.24) is 0 Å². The van der Waals surface area contributed by atoms with Gasteiger partial charge >= 0.3 is 11.9 Å². The average Bonchev–Trinajstić information content (AvgIpc) is 1.63. The fraction of sp³-hybridized carbons (Fsp3) is 0.250. The van der Waals surface area contributed by atoms with Gasteiger partial charge in [-0.1, -0.05) is 0 Å². The molecule has 0 heterocycles. The SMILES string of the molecule is CC(=O)Cl.O=C(O)C(=O)O. The Kier molecular flexibility index (Phi) is 7.03. The van der Waals surface area contributed by atoms with Crippen LogP contribution in [0.15, 0.2) is 0 Å². The number of carboxylic acid groups (broad SMARTS) is 2. The third-order valence-corrected chi connectivity index (χ3v) is 0.183. The Morgan fingerprint density at radius 2 is 1.20 bits per heavy atom. The van der Waals surface area contributed by atoms with E-state index in [4.69, 9.17) is 19.8 Å². The van der Waals surface area contributed by atoms with Crippen LogP contribution in [0.3, 0.4) is 0 Å². The minimum Gasteiger partial charge on any atom is -0.473 e. The molecule has 0 aromatic rings. The lowest BCUT2D eigenvalue weighted by molar-refractivity contribution is -0.159. The second kappa shape index (κ2) is 6.03. The van der Waals surface area contributed by atoms with Crippen LogP contribution in [-0.4, -0.2) is 27.4 Å². The van der Waals surface area contributed by atoms with Gasteiger partial charge in [0, 0.05) is 6.92 Å². The molecule has 0 atom stereocenters. The maximum absolute atomic E-state index is 9.21. The average molecular weight is 169 g/mol. The van der Waals surface area contributed by atoms with Crippen LogP contribution in [0.5, 0.6) is 0 Å². The quantitative estimate of drug-likeness (QED) is 0.390. The standard InChI is InChI=1S/C2H3ClO.C2H2O4/c1-2(3)4;3-1(4)2(5)6/h1H3;(H,3,4)(H,5,6). The summed E-state index contributed by atoms with van der Waals surface area (Å²) in [6, 6.07) is 0. The van der Waals surface area contributed by atoms with E-state index in [1.54, 1.807) is 0 Å². The van der Waals surface area contributed by atoms with Crippen LogP contribution in [0.2, 0.25) is 0 Å². The number of halogens is 1. The van der Waals surface area contributed by atoms with Crippen LogP contribution >= 0.6 is 11.6 Å². The minimum atomic E-state index is -1.82. The molecule has 0 radical (unpaired) electrons. The van der Waals surface area contributed by atoms with E-state index in [2.05, 4.69) is 11.6 Å². The molecule has 0 saturated carbocycles. The summed E-state index contributed by atoms with van der Waals surface area (Å²) in [6.07, 6.45) is 0. The molecule has 5 nitrogen and oxygen atoms in total. The van der Waals surface area contributed by atoms with Crippen molar-refractivity contribution in [2.45, 2.75) is 6.92 Å². The number of carbonyl (C=O) groups excluding carboxylic acids is 1. The lowest BCUT2D eigenvalue weighted by Crippen LogP contribution is -2.09. The summed E-state index contributed by atoms with van der Waals surface area (Å²) in [6.45, 7) is 1.29. The number of rotatable bonds is 0. The van der Waals surface area contributed by atoms with Gasteiger partial charge in [-0.15, -0.1) is 0 Å². The van der Waals surface area contributed by atoms with E-state index in [0.29, 0.717) is 0 Å². The van der Waals surface area contributed by atoms with Gasteiger partial charge in [0.1, 0.15) is 0 Å². The van der Waals surface area contributed by atoms with E-state index < -0.39 is 11.9 Å². The van der Waals surface area contributed by atoms with E-state index >= 15 is 0 Å². The van der Waals surface area contributed by atoms with Crippen molar-refractivity contribution >= 4 is 28.8 Å². The molecule has 0 bridgehead atoms. The second-order valence-corrected chi connectivity index (χ2v) is 1.61. The summed E-state index contributed by atoms with van der Waals surface area (Å²) < 4.78 is 0. The second-order valence-electron chi connectivity index (χ2n) is 1.08. The van der Waals surface area contributed by atoms with Gasteiger partial charge in [-0.2, -0.15) is 0 Å². The van der Waals surface area contributed by atoms with Crippen molar-refractivity contribution in [1.29, 1.82) is 0 Å². The van der Waals surface area contributed by atoms with Crippen molar-refractivity contribution in [2.24, 2.45) is 0 Å². The van der Waals surface area contributed by atoms with E-state index in [0.717, 1.165) is 0 Å². The molecule has 2 N–H and O–H groups in total. The molecule has 0 fully saturated rings. The van der Waals surface area contributed by atoms with Gasteiger partial charge in [0.25, 0.3) is 0 Å². The third-order valence-electron chi connectivity index (χ3n) is 0.183. The van der Waals surface area contributed by atoms with Crippen molar-refractivity contribution in [3.05, 3.63) is 0 Å². The molecule has 0 spiro atoms. The highest BCUT2D eigenvalue weighted by Crippen LogP contribution is 1.67. The molecule has 10 heavy (non-hydrogen) atoms. The van der Waals surface area contributed by atoms with Crippen LogP contribution in [0.4, 0.5) is 0 Å².